The molecule has 3 rings (SSSR count). The molecule has 0 radical (unpaired) electrons. The summed E-state index contributed by atoms with van der Waals surface area (Å²) < 4.78 is 25.1. The van der Waals surface area contributed by atoms with E-state index in [1.165, 1.54) is 23.5 Å². The maximum atomic E-state index is 13.3. The van der Waals surface area contributed by atoms with Crippen molar-refractivity contribution in [2.45, 2.75) is 34.2 Å². The number of ether oxygens (including phenoxy) is 4. The average Bonchev–Trinajstić information content (AvgIpc) is 3.17. The number of carbonyl (C=O) groups is 1. The summed E-state index contributed by atoms with van der Waals surface area (Å²) in [5.41, 5.74) is 0.992. The molecule has 1 aromatic heterocycles. The number of benzene rings is 2. The number of thiazole rings is 1. The lowest BCUT2D eigenvalue weighted by molar-refractivity contribution is -0.384. The van der Waals surface area contributed by atoms with Crippen LogP contribution in [-0.4, -0.2) is 48.4 Å². The Balaban J connectivity index is 2.12. The predicted molar refractivity (Wildman–Crippen MR) is 133 cm³/mol. The maximum Gasteiger partial charge on any atom is 0.279 e. The normalized spacial score (nSPS) is 11.6. The van der Waals surface area contributed by atoms with Crippen LogP contribution in [0, 0.1) is 10.1 Å². The van der Waals surface area contributed by atoms with E-state index in [1.54, 1.807) is 18.2 Å². The Labute approximate surface area is 206 Å². The van der Waals surface area contributed by atoms with E-state index in [-0.39, 0.29) is 11.3 Å². The fourth-order valence-corrected chi connectivity index (χ4v) is 4.53. The molecular weight excluding hydrogens is 474 g/mol. The fourth-order valence-electron chi connectivity index (χ4n) is 3.44. The zero-order chi connectivity index (χ0) is 25.4. The van der Waals surface area contributed by atoms with Crippen molar-refractivity contribution < 1.29 is 28.7 Å². The van der Waals surface area contributed by atoms with Crippen molar-refractivity contribution in [1.29, 1.82) is 0 Å². The first-order valence-corrected chi connectivity index (χ1v) is 12.3. The number of hydrogen-bond donors (Lipinski definition) is 0. The first-order chi connectivity index (χ1) is 16.9. The van der Waals surface area contributed by atoms with Gasteiger partial charge in [-0.05, 0) is 45.9 Å². The molecule has 0 saturated heterocycles. The monoisotopic (exact) mass is 503 g/mol. The number of carbonyl (C=O) groups excluding carboxylic acids is 1. The standard InChI is InChI=1S/C24H29N3O7S/c1-5-31-12-11-26-18-10-9-17(27(29)30)15-21(18)35-24(26)25-23(28)16-13-19(32-6-2)22(34-8-4)20(14-16)33-7-3/h9-10,13-15H,5-8,11-12H2,1-4H3. The molecule has 0 atom stereocenters. The summed E-state index contributed by atoms with van der Waals surface area (Å²) >= 11 is 1.20. The number of amides is 1. The molecule has 0 N–H and O–H groups in total. The van der Waals surface area contributed by atoms with E-state index in [9.17, 15) is 14.9 Å². The Bertz CT molecular complexity index is 1240. The van der Waals surface area contributed by atoms with Gasteiger partial charge in [-0.25, -0.2) is 0 Å². The van der Waals surface area contributed by atoms with Crippen molar-refractivity contribution >= 4 is 33.1 Å². The Morgan fingerprint density at radius 2 is 1.66 bits per heavy atom. The second kappa shape index (κ2) is 12.3. The summed E-state index contributed by atoms with van der Waals surface area (Å²) in [7, 11) is 0. The van der Waals surface area contributed by atoms with Crippen LogP contribution in [0.3, 0.4) is 0 Å². The van der Waals surface area contributed by atoms with Gasteiger partial charge >= 0.3 is 0 Å². The van der Waals surface area contributed by atoms with Crippen LogP contribution in [0.2, 0.25) is 0 Å². The summed E-state index contributed by atoms with van der Waals surface area (Å²) in [6.45, 7) is 10.00. The Kier molecular flexibility index (Phi) is 9.21. The van der Waals surface area contributed by atoms with Crippen molar-refractivity contribution in [2.24, 2.45) is 4.99 Å². The molecule has 0 bridgehead atoms. The van der Waals surface area contributed by atoms with Crippen LogP contribution in [0.4, 0.5) is 5.69 Å². The van der Waals surface area contributed by atoms with Gasteiger partial charge in [0.05, 0.1) is 41.6 Å². The van der Waals surface area contributed by atoms with Gasteiger partial charge in [0, 0.05) is 30.8 Å². The number of rotatable bonds is 12. The van der Waals surface area contributed by atoms with Crippen LogP contribution < -0.4 is 19.0 Å². The van der Waals surface area contributed by atoms with Gasteiger partial charge in [0.2, 0.25) is 5.75 Å². The molecular formula is C24H29N3O7S. The van der Waals surface area contributed by atoms with Crippen LogP contribution in [0.25, 0.3) is 10.2 Å². The smallest absolute Gasteiger partial charge is 0.279 e. The Morgan fingerprint density at radius 3 is 2.23 bits per heavy atom. The van der Waals surface area contributed by atoms with Crippen LogP contribution in [0.15, 0.2) is 35.3 Å². The molecule has 2 aromatic carbocycles. The second-order valence-corrected chi connectivity index (χ2v) is 8.17. The summed E-state index contributed by atoms with van der Waals surface area (Å²) in [5, 5.41) is 11.2. The van der Waals surface area contributed by atoms with Gasteiger partial charge in [-0.2, -0.15) is 4.99 Å². The van der Waals surface area contributed by atoms with Gasteiger partial charge in [0.1, 0.15) is 0 Å². The molecule has 188 valence electrons. The highest BCUT2D eigenvalue weighted by molar-refractivity contribution is 7.16. The molecule has 1 heterocycles. The topological polar surface area (TPSA) is 114 Å². The number of aromatic nitrogens is 1. The molecule has 0 saturated carbocycles. The highest BCUT2D eigenvalue weighted by atomic mass is 32.1. The Hall–Kier alpha value is -3.44. The van der Waals surface area contributed by atoms with Gasteiger partial charge in [0.15, 0.2) is 16.3 Å². The summed E-state index contributed by atoms with van der Waals surface area (Å²) in [6.07, 6.45) is 0. The molecule has 0 unspecified atom stereocenters. The lowest BCUT2D eigenvalue weighted by atomic mass is 10.1. The van der Waals surface area contributed by atoms with Crippen LogP contribution >= 0.6 is 11.3 Å². The Morgan fingerprint density at radius 1 is 1.00 bits per heavy atom. The summed E-state index contributed by atoms with van der Waals surface area (Å²) in [6, 6.07) is 7.76. The van der Waals surface area contributed by atoms with Crippen LogP contribution in [-0.2, 0) is 11.3 Å². The maximum absolute atomic E-state index is 13.3. The first kappa shape index (κ1) is 26.2. The van der Waals surface area contributed by atoms with Crippen molar-refractivity contribution in [2.75, 3.05) is 33.0 Å². The zero-order valence-corrected chi connectivity index (χ0v) is 21.1. The van der Waals surface area contributed by atoms with Gasteiger partial charge < -0.3 is 23.5 Å². The fraction of sp³-hybridized carbons (Fsp3) is 0.417. The number of non-ortho nitro benzene ring substituents is 1. The molecule has 0 spiro atoms. The zero-order valence-electron chi connectivity index (χ0n) is 20.2. The third kappa shape index (κ3) is 6.17. The lowest BCUT2D eigenvalue weighted by Gasteiger charge is -2.16. The van der Waals surface area contributed by atoms with Gasteiger partial charge in [0.25, 0.3) is 11.6 Å². The van der Waals surface area contributed by atoms with E-state index in [0.717, 1.165) is 5.52 Å². The minimum atomic E-state index is -0.499. The molecule has 0 aliphatic rings. The van der Waals surface area contributed by atoms with E-state index in [4.69, 9.17) is 18.9 Å². The average molecular weight is 504 g/mol. The first-order valence-electron chi connectivity index (χ1n) is 11.4. The second-order valence-electron chi connectivity index (χ2n) is 7.16. The third-order valence-corrected chi connectivity index (χ3v) is 5.93. The van der Waals surface area contributed by atoms with E-state index in [1.807, 2.05) is 32.3 Å². The van der Waals surface area contributed by atoms with Crippen molar-refractivity contribution in [3.63, 3.8) is 0 Å². The van der Waals surface area contributed by atoms with E-state index >= 15 is 0 Å². The van der Waals surface area contributed by atoms with Crippen molar-refractivity contribution in [1.82, 2.24) is 4.57 Å². The summed E-state index contributed by atoms with van der Waals surface area (Å²) in [4.78, 5) is 28.8. The highest BCUT2D eigenvalue weighted by Crippen LogP contribution is 2.39. The van der Waals surface area contributed by atoms with Crippen molar-refractivity contribution in [3.05, 3.63) is 50.8 Å². The largest absolute Gasteiger partial charge is 0.490 e. The molecule has 35 heavy (non-hydrogen) atoms. The molecule has 3 aromatic rings. The minimum Gasteiger partial charge on any atom is -0.490 e. The van der Waals surface area contributed by atoms with Crippen LogP contribution in [0.5, 0.6) is 17.2 Å². The van der Waals surface area contributed by atoms with Gasteiger partial charge in [-0.3, -0.25) is 14.9 Å². The van der Waals surface area contributed by atoms with E-state index < -0.39 is 10.8 Å². The molecule has 1 amide bonds. The van der Waals surface area contributed by atoms with E-state index in [0.29, 0.717) is 66.3 Å². The molecule has 10 nitrogen and oxygen atoms in total. The molecule has 0 aliphatic heterocycles. The van der Waals surface area contributed by atoms with E-state index in [2.05, 4.69) is 4.99 Å². The number of fused-ring (bicyclic) bond motifs is 1. The predicted octanol–water partition coefficient (Wildman–Crippen LogP) is 4.58. The molecule has 0 aliphatic carbocycles. The van der Waals surface area contributed by atoms with Crippen LogP contribution in [0.1, 0.15) is 38.1 Å². The lowest BCUT2D eigenvalue weighted by Crippen LogP contribution is -2.19. The molecule has 0 fully saturated rings. The molecule has 11 heteroatoms. The highest BCUT2D eigenvalue weighted by Gasteiger charge is 2.19. The quantitative estimate of drug-likeness (QED) is 0.202. The number of nitrogens with zero attached hydrogens (tertiary/aromatic N) is 3. The number of nitro groups is 1. The SMILES string of the molecule is CCOCCn1c(=NC(=O)c2cc(OCC)c(OCC)c(OCC)c2)sc2cc([N+](=O)[O-])ccc21. The van der Waals surface area contributed by atoms with Gasteiger partial charge in [-0.15, -0.1) is 0 Å². The summed E-state index contributed by atoms with van der Waals surface area (Å²) in [5.74, 6) is 0.736. The number of hydrogen-bond acceptors (Lipinski definition) is 8. The third-order valence-electron chi connectivity index (χ3n) is 4.89. The number of nitro benzene ring substituents is 1. The minimum absolute atomic E-state index is 0.0252. The van der Waals surface area contributed by atoms with Crippen molar-refractivity contribution in [3.8, 4) is 17.2 Å². The van der Waals surface area contributed by atoms with Gasteiger partial charge in [-0.1, -0.05) is 11.3 Å².